The molecule has 0 amide bonds. The van der Waals surface area contributed by atoms with Crippen LogP contribution in [0.25, 0.3) is 0 Å². The third-order valence-corrected chi connectivity index (χ3v) is 3.37. The summed E-state index contributed by atoms with van der Waals surface area (Å²) in [6.07, 6.45) is 2.54. The van der Waals surface area contributed by atoms with Crippen molar-refractivity contribution in [2.24, 2.45) is 11.5 Å². The Morgan fingerprint density at radius 3 is 2.40 bits per heavy atom. The molecule has 0 bridgehead atoms. The Morgan fingerprint density at radius 2 is 1.84 bits per heavy atom. The highest BCUT2D eigenvalue weighted by atomic mass is 16.1. The summed E-state index contributed by atoms with van der Waals surface area (Å²) in [6, 6.07) is 10.3. The Bertz CT molecular complexity index is 658. The van der Waals surface area contributed by atoms with E-state index in [2.05, 4.69) is 28.2 Å². The Morgan fingerprint density at radius 1 is 1.24 bits per heavy atom. The number of aryl methyl sites for hydroxylation is 1. The molecule has 2 aromatic rings. The molecule has 7 heteroatoms. The Hall–Kier alpha value is -2.51. The largest absolute Gasteiger partial charge is 0.363 e. The lowest BCUT2D eigenvalue weighted by atomic mass is 10.1. The van der Waals surface area contributed by atoms with Gasteiger partial charge in [-0.2, -0.15) is 0 Å². The zero-order valence-corrected chi connectivity index (χ0v) is 15.2. The molecular formula is C18H29N5O2. The number of anilines is 1. The number of rotatable bonds is 6. The summed E-state index contributed by atoms with van der Waals surface area (Å²) in [6.45, 7) is 6.85. The third kappa shape index (κ3) is 7.28. The fraction of sp³-hybridized carbons (Fsp3) is 0.389. The molecule has 1 aromatic carbocycles. The van der Waals surface area contributed by atoms with Crippen molar-refractivity contribution in [3.8, 4) is 0 Å². The summed E-state index contributed by atoms with van der Waals surface area (Å²) < 4.78 is 1.66. The third-order valence-electron chi connectivity index (χ3n) is 3.37. The van der Waals surface area contributed by atoms with Crippen molar-refractivity contribution >= 4 is 12.6 Å². The van der Waals surface area contributed by atoms with Crippen molar-refractivity contribution in [3.05, 3.63) is 58.1 Å². The Balaban J connectivity index is 0.00000134. The zero-order chi connectivity index (χ0) is 19.2. The highest BCUT2D eigenvalue weighted by Crippen LogP contribution is 2.06. The van der Waals surface area contributed by atoms with Gasteiger partial charge < -0.3 is 26.1 Å². The molecule has 1 atom stereocenters. The van der Waals surface area contributed by atoms with E-state index in [9.17, 15) is 4.79 Å². The van der Waals surface area contributed by atoms with Crippen molar-refractivity contribution in [2.45, 2.75) is 32.9 Å². The van der Waals surface area contributed by atoms with Gasteiger partial charge in [0.2, 0.25) is 0 Å². The molecule has 0 radical (unpaired) electrons. The number of nitrogens with one attached hydrogen (secondary N) is 1. The molecule has 0 saturated carbocycles. The molecule has 0 aliphatic rings. The summed E-state index contributed by atoms with van der Waals surface area (Å²) in [7, 11) is 1.50. The van der Waals surface area contributed by atoms with Crippen LogP contribution in [0.5, 0.6) is 0 Å². The lowest BCUT2D eigenvalue weighted by molar-refractivity contribution is -0.0979. The predicted molar refractivity (Wildman–Crippen MR) is 103 cm³/mol. The first-order valence-corrected chi connectivity index (χ1v) is 8.05. The van der Waals surface area contributed by atoms with E-state index in [0.29, 0.717) is 18.9 Å². The summed E-state index contributed by atoms with van der Waals surface area (Å²) in [5.74, 6) is 0.387. The predicted octanol–water partition coefficient (Wildman–Crippen LogP) is 0.944. The lowest BCUT2D eigenvalue weighted by Crippen LogP contribution is -2.31. The number of benzene rings is 1. The first-order chi connectivity index (χ1) is 12.1. The van der Waals surface area contributed by atoms with E-state index < -0.39 is 0 Å². The first kappa shape index (κ1) is 22.5. The van der Waals surface area contributed by atoms with Gasteiger partial charge in [-0.1, -0.05) is 30.3 Å². The second kappa shape index (κ2) is 12.9. The zero-order valence-electron chi connectivity index (χ0n) is 15.2. The van der Waals surface area contributed by atoms with Gasteiger partial charge in [0.25, 0.3) is 5.56 Å². The van der Waals surface area contributed by atoms with Crippen molar-refractivity contribution in [3.63, 3.8) is 0 Å². The summed E-state index contributed by atoms with van der Waals surface area (Å²) in [4.78, 5) is 24.6. The van der Waals surface area contributed by atoms with Crippen LogP contribution in [0.3, 0.4) is 0 Å². The van der Waals surface area contributed by atoms with Gasteiger partial charge in [-0.05, 0) is 32.9 Å². The molecular weight excluding hydrogens is 318 g/mol. The highest BCUT2D eigenvalue weighted by Gasteiger charge is 2.10. The minimum atomic E-state index is -0.111. The maximum atomic E-state index is 12.4. The van der Waals surface area contributed by atoms with Crippen LogP contribution in [0.2, 0.25) is 0 Å². The normalized spacial score (nSPS) is 10.6. The molecule has 1 unspecified atom stereocenters. The smallest absolute Gasteiger partial charge is 0.293 e. The van der Waals surface area contributed by atoms with Crippen molar-refractivity contribution < 1.29 is 4.79 Å². The number of carbonyl (C=O) groups is 1. The fourth-order valence-electron chi connectivity index (χ4n) is 2.33. The maximum Gasteiger partial charge on any atom is 0.293 e. The van der Waals surface area contributed by atoms with E-state index >= 15 is 0 Å². The van der Waals surface area contributed by atoms with Crippen molar-refractivity contribution in [2.75, 3.05) is 18.9 Å². The number of nitrogens with two attached hydrogens (primary N) is 2. The molecule has 25 heavy (non-hydrogen) atoms. The molecule has 0 spiro atoms. The van der Waals surface area contributed by atoms with Crippen LogP contribution in [0.15, 0.2) is 41.3 Å². The van der Waals surface area contributed by atoms with Gasteiger partial charge in [0.1, 0.15) is 6.79 Å². The standard InChI is InChI=1S/C16H22N4O.CH5N.CH2O/c1-12(10-14-6-4-3-5-7-14)19-15-16(21)20(9-8-17)13(2)11-18-15;2*1-2/h3-7,11-12H,8-10,17H2,1-2H3,(H,18,19);2H2,1H3;1H2. The van der Waals surface area contributed by atoms with Crippen LogP contribution in [-0.4, -0.2) is 36.0 Å². The van der Waals surface area contributed by atoms with Gasteiger partial charge in [-0.15, -0.1) is 0 Å². The van der Waals surface area contributed by atoms with E-state index in [1.165, 1.54) is 12.6 Å². The maximum absolute atomic E-state index is 12.4. The van der Waals surface area contributed by atoms with E-state index in [1.54, 1.807) is 10.8 Å². The Labute approximate surface area is 149 Å². The lowest BCUT2D eigenvalue weighted by Gasteiger charge is -2.16. The SMILES string of the molecule is C=O.CN.Cc1cnc(NC(C)Cc2ccccc2)c(=O)n1CCN. The minimum absolute atomic E-state index is 0.111. The number of aromatic nitrogens is 2. The van der Waals surface area contributed by atoms with Gasteiger partial charge >= 0.3 is 0 Å². The van der Waals surface area contributed by atoms with Crippen LogP contribution < -0.4 is 22.3 Å². The van der Waals surface area contributed by atoms with Crippen LogP contribution in [0.4, 0.5) is 5.82 Å². The van der Waals surface area contributed by atoms with Crippen molar-refractivity contribution in [1.29, 1.82) is 0 Å². The van der Waals surface area contributed by atoms with Gasteiger partial charge in [0.15, 0.2) is 5.82 Å². The van der Waals surface area contributed by atoms with Gasteiger partial charge in [-0.3, -0.25) is 4.79 Å². The quantitative estimate of drug-likeness (QED) is 0.716. The highest BCUT2D eigenvalue weighted by molar-refractivity contribution is 5.34. The topological polar surface area (TPSA) is 116 Å². The second-order valence-corrected chi connectivity index (χ2v) is 5.23. The number of hydrogen-bond donors (Lipinski definition) is 3. The van der Waals surface area contributed by atoms with Gasteiger partial charge in [0.05, 0.1) is 0 Å². The number of carbonyl (C=O) groups excluding carboxylic acids is 1. The Kier molecular flexibility index (Phi) is 11.6. The van der Waals surface area contributed by atoms with Gasteiger partial charge in [0, 0.05) is 31.0 Å². The number of nitrogens with zero attached hydrogens (tertiary/aromatic N) is 2. The van der Waals surface area contributed by atoms with E-state index in [4.69, 9.17) is 10.5 Å². The van der Waals surface area contributed by atoms with E-state index in [1.807, 2.05) is 38.8 Å². The van der Waals surface area contributed by atoms with Gasteiger partial charge in [-0.25, -0.2) is 4.98 Å². The second-order valence-electron chi connectivity index (χ2n) is 5.23. The molecule has 7 nitrogen and oxygen atoms in total. The average Bonchev–Trinajstić information content (AvgIpc) is 2.65. The van der Waals surface area contributed by atoms with Crippen LogP contribution in [-0.2, 0) is 17.8 Å². The van der Waals surface area contributed by atoms with Crippen LogP contribution in [0, 0.1) is 6.92 Å². The molecule has 1 aromatic heterocycles. The molecule has 0 aliphatic heterocycles. The molecule has 1 heterocycles. The van der Waals surface area contributed by atoms with Crippen molar-refractivity contribution in [1.82, 2.24) is 9.55 Å². The minimum Gasteiger partial charge on any atom is -0.363 e. The van der Waals surface area contributed by atoms with E-state index in [0.717, 1.165) is 12.1 Å². The molecule has 0 aliphatic carbocycles. The number of hydrogen-bond acceptors (Lipinski definition) is 6. The molecule has 138 valence electrons. The molecule has 2 rings (SSSR count). The summed E-state index contributed by atoms with van der Waals surface area (Å²) in [5, 5.41) is 3.20. The fourth-order valence-corrected chi connectivity index (χ4v) is 2.33. The van der Waals surface area contributed by atoms with Crippen LogP contribution >= 0.6 is 0 Å². The summed E-state index contributed by atoms with van der Waals surface area (Å²) in [5.41, 5.74) is 12.0. The van der Waals surface area contributed by atoms with E-state index in [-0.39, 0.29) is 11.6 Å². The molecule has 5 N–H and O–H groups in total. The first-order valence-electron chi connectivity index (χ1n) is 8.05. The average molecular weight is 347 g/mol. The molecule has 0 saturated heterocycles. The summed E-state index contributed by atoms with van der Waals surface area (Å²) >= 11 is 0. The van der Waals surface area contributed by atoms with Crippen LogP contribution in [0.1, 0.15) is 18.2 Å². The monoisotopic (exact) mass is 347 g/mol. The molecule has 0 fully saturated rings.